The number of carbonyl (C=O) groups is 1. The Morgan fingerprint density at radius 2 is 1.06 bits per heavy atom. The van der Waals surface area contributed by atoms with Gasteiger partial charge in [0.1, 0.15) is 12.4 Å². The lowest BCUT2D eigenvalue weighted by molar-refractivity contribution is -0.131. The maximum Gasteiger partial charge on any atom is 0.327 e. The normalized spacial score (nSPS) is 10.5. The van der Waals surface area contributed by atoms with Crippen molar-refractivity contribution in [3.05, 3.63) is 43.0 Å². The van der Waals surface area contributed by atoms with Crippen molar-refractivity contribution in [3.63, 3.8) is 0 Å². The molecule has 0 saturated heterocycles. The number of aliphatic carboxylic acids is 1. The van der Waals surface area contributed by atoms with E-state index in [1.165, 1.54) is 38.5 Å². The summed E-state index contributed by atoms with van der Waals surface area (Å²) in [7, 11) is 0. The van der Waals surface area contributed by atoms with Gasteiger partial charge in [-0.05, 0) is 18.6 Å². The minimum Gasteiger partial charge on any atom is -0.491 e. The van der Waals surface area contributed by atoms with Gasteiger partial charge in [0.2, 0.25) is 0 Å². The van der Waals surface area contributed by atoms with Gasteiger partial charge in [0.25, 0.3) is 0 Å². The van der Waals surface area contributed by atoms with Crippen LogP contribution in [0.4, 0.5) is 0 Å². The predicted molar refractivity (Wildman–Crippen MR) is 142 cm³/mol. The van der Waals surface area contributed by atoms with E-state index >= 15 is 0 Å². The predicted octanol–water partition coefficient (Wildman–Crippen LogP) is 5.16. The molecule has 8 nitrogen and oxygen atoms in total. The number of para-hydroxylation sites is 1. The first kappa shape index (κ1) is 34.0. The lowest BCUT2D eigenvalue weighted by atomic mass is 10.1. The van der Waals surface area contributed by atoms with Crippen molar-refractivity contribution in [2.24, 2.45) is 0 Å². The van der Waals surface area contributed by atoms with Gasteiger partial charge < -0.3 is 33.5 Å². The van der Waals surface area contributed by atoms with Crippen LogP contribution in [0, 0.1) is 0 Å². The van der Waals surface area contributed by atoms with Gasteiger partial charge in [-0.25, -0.2) is 4.79 Å². The summed E-state index contributed by atoms with van der Waals surface area (Å²) in [5, 5.41) is 7.60. The molecule has 36 heavy (non-hydrogen) atoms. The van der Waals surface area contributed by atoms with Crippen molar-refractivity contribution < 1.29 is 38.3 Å². The molecular formula is C28H48O8. The highest BCUT2D eigenvalue weighted by atomic mass is 16.6. The number of ether oxygens (including phenoxy) is 6. The zero-order valence-electron chi connectivity index (χ0n) is 22.2. The first-order chi connectivity index (χ1) is 17.7. The Kier molecular flexibility index (Phi) is 27.7. The van der Waals surface area contributed by atoms with Crippen molar-refractivity contribution >= 4 is 5.97 Å². The highest BCUT2D eigenvalue weighted by Crippen LogP contribution is 2.08. The van der Waals surface area contributed by atoms with Gasteiger partial charge in [-0.2, -0.15) is 0 Å². The van der Waals surface area contributed by atoms with E-state index in [0.717, 1.165) is 24.9 Å². The monoisotopic (exact) mass is 512 g/mol. The van der Waals surface area contributed by atoms with Crippen LogP contribution in [-0.4, -0.2) is 83.8 Å². The summed E-state index contributed by atoms with van der Waals surface area (Å²) in [4.78, 5) is 9.25. The zero-order chi connectivity index (χ0) is 26.4. The summed E-state index contributed by atoms with van der Waals surface area (Å²) in [5.41, 5.74) is 0. The first-order valence-electron chi connectivity index (χ1n) is 13.1. The summed E-state index contributed by atoms with van der Waals surface area (Å²) >= 11 is 0. The first-order valence-corrected chi connectivity index (χ1v) is 13.1. The van der Waals surface area contributed by atoms with Crippen LogP contribution in [0.15, 0.2) is 43.0 Å². The van der Waals surface area contributed by atoms with Crippen molar-refractivity contribution in [1.82, 2.24) is 0 Å². The second kappa shape index (κ2) is 29.3. The smallest absolute Gasteiger partial charge is 0.327 e. The topological polar surface area (TPSA) is 92.7 Å². The Balaban J connectivity index is 0.00000222. The molecule has 0 unspecified atom stereocenters. The van der Waals surface area contributed by atoms with Crippen LogP contribution in [0.25, 0.3) is 0 Å². The standard InChI is InChI=1S/C25H44O6.C3H4O2/c1-2-3-4-5-6-7-11-14-26-15-16-27-17-18-28-19-20-29-21-22-30-23-24-31-25-12-9-8-10-13-25;1-2-3(4)5/h8-10,12-13H,2-7,11,14-24H2,1H3;2H,1H2,(H,4,5). The molecule has 0 aromatic heterocycles. The van der Waals surface area contributed by atoms with Crippen LogP contribution in [-0.2, 0) is 28.5 Å². The van der Waals surface area contributed by atoms with Crippen LogP contribution in [0.5, 0.6) is 5.75 Å². The Morgan fingerprint density at radius 1 is 0.667 bits per heavy atom. The van der Waals surface area contributed by atoms with Gasteiger partial charge >= 0.3 is 5.97 Å². The summed E-state index contributed by atoms with van der Waals surface area (Å²) in [6.45, 7) is 11.8. The number of hydrogen-bond donors (Lipinski definition) is 1. The fourth-order valence-corrected chi connectivity index (χ4v) is 2.88. The average molecular weight is 513 g/mol. The molecule has 1 aromatic rings. The van der Waals surface area contributed by atoms with Gasteiger partial charge in [-0.3, -0.25) is 0 Å². The molecule has 1 N–H and O–H groups in total. The van der Waals surface area contributed by atoms with E-state index < -0.39 is 5.97 Å². The maximum absolute atomic E-state index is 9.25. The van der Waals surface area contributed by atoms with Crippen LogP contribution >= 0.6 is 0 Å². The molecule has 0 saturated carbocycles. The van der Waals surface area contributed by atoms with Crippen LogP contribution in [0.3, 0.4) is 0 Å². The molecule has 208 valence electrons. The molecule has 0 heterocycles. The van der Waals surface area contributed by atoms with Gasteiger partial charge in [0, 0.05) is 12.7 Å². The SMILES string of the molecule is C=CC(=O)O.CCCCCCCCCOCCOCCOCCOCCOCCOc1ccccc1. The van der Waals surface area contributed by atoms with Crippen molar-refractivity contribution in [2.75, 3.05) is 72.7 Å². The maximum atomic E-state index is 9.25. The number of benzene rings is 1. The Hall–Kier alpha value is -1.97. The second-order valence-corrected chi connectivity index (χ2v) is 7.89. The molecule has 0 aliphatic carbocycles. The molecule has 0 aliphatic heterocycles. The molecule has 0 radical (unpaired) electrons. The highest BCUT2D eigenvalue weighted by molar-refractivity contribution is 5.78. The minimum atomic E-state index is -0.981. The fraction of sp³-hybridized carbons (Fsp3) is 0.679. The van der Waals surface area contributed by atoms with E-state index in [1.807, 2.05) is 30.3 Å². The highest BCUT2D eigenvalue weighted by Gasteiger charge is 1.95. The van der Waals surface area contributed by atoms with E-state index in [1.54, 1.807) is 0 Å². The molecule has 0 amide bonds. The van der Waals surface area contributed by atoms with E-state index in [2.05, 4.69) is 13.5 Å². The third-order valence-corrected chi connectivity index (χ3v) is 4.79. The molecule has 8 heteroatoms. The van der Waals surface area contributed by atoms with Crippen molar-refractivity contribution in [3.8, 4) is 5.75 Å². The second-order valence-electron chi connectivity index (χ2n) is 7.89. The van der Waals surface area contributed by atoms with Crippen molar-refractivity contribution in [1.29, 1.82) is 0 Å². The van der Waals surface area contributed by atoms with Gasteiger partial charge in [0.15, 0.2) is 0 Å². The van der Waals surface area contributed by atoms with E-state index in [9.17, 15) is 4.79 Å². The zero-order valence-corrected chi connectivity index (χ0v) is 22.2. The molecule has 0 bridgehead atoms. The van der Waals surface area contributed by atoms with Gasteiger partial charge in [0.05, 0.1) is 59.5 Å². The van der Waals surface area contributed by atoms with E-state index in [0.29, 0.717) is 66.1 Å². The molecule has 1 aromatic carbocycles. The quantitative estimate of drug-likeness (QED) is 0.142. The fourth-order valence-electron chi connectivity index (χ4n) is 2.88. The number of unbranched alkanes of at least 4 members (excludes halogenated alkanes) is 6. The molecule has 0 aliphatic rings. The number of hydrogen-bond acceptors (Lipinski definition) is 7. The van der Waals surface area contributed by atoms with Crippen LogP contribution in [0.2, 0.25) is 0 Å². The number of carboxylic acids is 1. The summed E-state index contributed by atoms with van der Waals surface area (Å²) in [6, 6.07) is 9.72. The molecule has 0 atom stereocenters. The number of rotatable bonds is 25. The molecule has 0 spiro atoms. The third-order valence-electron chi connectivity index (χ3n) is 4.79. The van der Waals surface area contributed by atoms with E-state index in [-0.39, 0.29) is 0 Å². The summed E-state index contributed by atoms with van der Waals surface area (Å²) in [6.07, 6.45) is 10.0. The minimum absolute atomic E-state index is 0.539. The van der Waals surface area contributed by atoms with E-state index in [4.69, 9.17) is 33.5 Å². The van der Waals surface area contributed by atoms with Crippen LogP contribution in [0.1, 0.15) is 51.9 Å². The average Bonchev–Trinajstić information content (AvgIpc) is 2.90. The van der Waals surface area contributed by atoms with Crippen molar-refractivity contribution in [2.45, 2.75) is 51.9 Å². The Morgan fingerprint density at radius 3 is 1.50 bits per heavy atom. The lowest BCUT2D eigenvalue weighted by Gasteiger charge is -2.08. The Labute approximate surface area is 217 Å². The Bertz CT molecular complexity index is 582. The largest absolute Gasteiger partial charge is 0.491 e. The molecule has 1 rings (SSSR count). The lowest BCUT2D eigenvalue weighted by Crippen LogP contribution is -2.14. The third kappa shape index (κ3) is 28.3. The van der Waals surface area contributed by atoms with Gasteiger partial charge in [-0.15, -0.1) is 0 Å². The molecular weight excluding hydrogens is 464 g/mol. The van der Waals surface area contributed by atoms with Gasteiger partial charge in [-0.1, -0.05) is 70.2 Å². The van der Waals surface area contributed by atoms with Crippen LogP contribution < -0.4 is 4.74 Å². The number of carboxylic acid groups (broad SMARTS) is 1. The molecule has 0 fully saturated rings. The summed E-state index contributed by atoms with van der Waals surface area (Å²) in [5.74, 6) is -0.121. The summed E-state index contributed by atoms with van der Waals surface area (Å²) < 4.78 is 33.0.